The summed E-state index contributed by atoms with van der Waals surface area (Å²) in [5.74, 6) is -0.175. The molecule has 3 aromatic rings. The largest absolute Gasteiger partial charge is 0.586 e. The molecule has 2 aromatic heterocycles. The monoisotopic (exact) mass is 469 g/mol. The van der Waals surface area contributed by atoms with Crippen LogP contribution in [0.25, 0.3) is 11.3 Å². The van der Waals surface area contributed by atoms with Crippen molar-refractivity contribution in [3.63, 3.8) is 0 Å². The van der Waals surface area contributed by atoms with Gasteiger partial charge in [-0.05, 0) is 55.2 Å². The number of aliphatic hydroxyl groups excluding tert-OH is 1. The van der Waals surface area contributed by atoms with Crippen LogP contribution >= 0.6 is 0 Å². The van der Waals surface area contributed by atoms with Crippen LogP contribution in [0.3, 0.4) is 0 Å². The number of carbonyl (C=O) groups excluding carboxylic acids is 1. The predicted molar refractivity (Wildman–Crippen MR) is 118 cm³/mol. The molecular weight excluding hydrogens is 448 g/mol. The lowest BCUT2D eigenvalue weighted by atomic mass is 9.94. The molecule has 1 fully saturated rings. The number of amides is 1. The number of hydrogen-bond acceptors (Lipinski definition) is 6. The number of carbonyl (C=O) groups is 1. The number of pyridine rings is 2. The number of fused-ring (bicyclic) bond motifs is 1. The van der Waals surface area contributed by atoms with Crippen LogP contribution in [-0.4, -0.2) is 33.5 Å². The van der Waals surface area contributed by atoms with Crippen LogP contribution in [0.4, 0.5) is 14.6 Å². The maximum absolute atomic E-state index is 13.4. The van der Waals surface area contributed by atoms with Crippen molar-refractivity contribution in [2.75, 3.05) is 11.9 Å². The number of nitrogens with one attached hydrogen (secondary N) is 1. The quantitative estimate of drug-likeness (QED) is 0.575. The highest BCUT2D eigenvalue weighted by molar-refractivity contribution is 6.01. The van der Waals surface area contributed by atoms with Gasteiger partial charge in [-0.25, -0.2) is 4.98 Å². The van der Waals surface area contributed by atoms with Gasteiger partial charge in [0.25, 0.3) is 5.56 Å². The van der Waals surface area contributed by atoms with Crippen LogP contribution in [0, 0.1) is 6.92 Å². The van der Waals surface area contributed by atoms with Crippen molar-refractivity contribution in [2.24, 2.45) is 0 Å². The second kappa shape index (κ2) is 7.91. The maximum Gasteiger partial charge on any atom is 0.586 e. The third-order valence-corrected chi connectivity index (χ3v) is 6.09. The minimum absolute atomic E-state index is 0.0734. The zero-order chi connectivity index (χ0) is 24.1. The number of aryl methyl sites for hydroxylation is 1. The molecular formula is C24H21F2N3O5. The van der Waals surface area contributed by atoms with Gasteiger partial charge in [0.1, 0.15) is 5.82 Å². The van der Waals surface area contributed by atoms with Gasteiger partial charge in [-0.3, -0.25) is 9.59 Å². The zero-order valence-electron chi connectivity index (χ0n) is 18.2. The maximum atomic E-state index is 13.4. The Morgan fingerprint density at radius 2 is 1.91 bits per heavy atom. The van der Waals surface area contributed by atoms with Crippen molar-refractivity contribution in [1.29, 1.82) is 0 Å². The number of aliphatic hydroxyl groups is 1. The summed E-state index contributed by atoms with van der Waals surface area (Å²) < 4.78 is 37.1. The summed E-state index contributed by atoms with van der Waals surface area (Å²) in [6, 6.07) is 11.0. The molecule has 5 rings (SSSR count). The molecule has 176 valence electrons. The van der Waals surface area contributed by atoms with Gasteiger partial charge in [-0.15, -0.1) is 8.78 Å². The Morgan fingerprint density at radius 3 is 2.62 bits per heavy atom. The van der Waals surface area contributed by atoms with Gasteiger partial charge in [0.2, 0.25) is 5.91 Å². The molecule has 0 saturated heterocycles. The first kappa shape index (κ1) is 22.0. The summed E-state index contributed by atoms with van der Waals surface area (Å²) in [6.07, 6.45) is -1.03. The van der Waals surface area contributed by atoms with Crippen LogP contribution in [0.5, 0.6) is 11.5 Å². The second-order valence-corrected chi connectivity index (χ2v) is 8.40. The van der Waals surface area contributed by atoms with Crippen LogP contribution in [0.15, 0.2) is 53.5 Å². The van der Waals surface area contributed by atoms with Crippen LogP contribution in [-0.2, 0) is 16.8 Å². The summed E-state index contributed by atoms with van der Waals surface area (Å²) in [5, 5.41) is 11.9. The Balaban J connectivity index is 1.39. The van der Waals surface area contributed by atoms with Crippen LogP contribution in [0.2, 0.25) is 0 Å². The van der Waals surface area contributed by atoms with E-state index in [4.69, 9.17) is 5.11 Å². The Bertz CT molecular complexity index is 1350. The molecule has 1 aliphatic heterocycles. The van der Waals surface area contributed by atoms with Gasteiger partial charge in [-0.1, -0.05) is 12.1 Å². The molecule has 0 bridgehead atoms. The molecule has 1 amide bonds. The van der Waals surface area contributed by atoms with Crippen molar-refractivity contribution in [2.45, 2.75) is 38.0 Å². The van der Waals surface area contributed by atoms with E-state index in [1.165, 1.54) is 22.8 Å². The molecule has 1 aliphatic carbocycles. The molecule has 0 unspecified atom stereocenters. The smallest absolute Gasteiger partial charge is 0.395 e. The van der Waals surface area contributed by atoms with Gasteiger partial charge in [0.15, 0.2) is 11.5 Å². The van der Waals surface area contributed by atoms with Crippen molar-refractivity contribution >= 4 is 11.7 Å². The summed E-state index contributed by atoms with van der Waals surface area (Å²) in [6.45, 7) is 1.89. The standard InChI is InChI=1S/C24H21F2N3O5/c1-14-2-5-19(27-21(14)15-6-9-29(10-11-30)20(31)12-15)28-22(32)23(7-8-23)16-3-4-17-18(13-16)34-24(25,26)33-17/h2-6,9,12-13,30H,7-8,10-11H2,1H3,(H,27,28,32). The highest BCUT2D eigenvalue weighted by atomic mass is 19.3. The molecule has 1 saturated carbocycles. The Hall–Kier alpha value is -3.79. The highest BCUT2D eigenvalue weighted by Crippen LogP contribution is 2.52. The molecule has 1 aromatic carbocycles. The van der Waals surface area contributed by atoms with Gasteiger partial charge in [0.05, 0.1) is 17.7 Å². The van der Waals surface area contributed by atoms with Gasteiger partial charge in [0, 0.05) is 24.4 Å². The van der Waals surface area contributed by atoms with E-state index in [9.17, 15) is 18.4 Å². The molecule has 34 heavy (non-hydrogen) atoms. The van der Waals surface area contributed by atoms with E-state index in [1.807, 2.05) is 6.92 Å². The summed E-state index contributed by atoms with van der Waals surface area (Å²) in [5.41, 5.74) is 1.37. The highest BCUT2D eigenvalue weighted by Gasteiger charge is 2.53. The molecule has 8 nitrogen and oxygen atoms in total. The van der Waals surface area contributed by atoms with Gasteiger partial charge >= 0.3 is 6.29 Å². The third kappa shape index (κ3) is 3.90. The third-order valence-electron chi connectivity index (χ3n) is 6.09. The lowest BCUT2D eigenvalue weighted by Gasteiger charge is -2.17. The van der Waals surface area contributed by atoms with E-state index in [-0.39, 0.29) is 36.1 Å². The first-order valence-corrected chi connectivity index (χ1v) is 10.7. The first-order chi connectivity index (χ1) is 16.2. The fourth-order valence-corrected chi connectivity index (χ4v) is 4.09. The average Bonchev–Trinajstić information content (AvgIpc) is 3.54. The fraction of sp³-hybridized carbons (Fsp3) is 0.292. The first-order valence-electron chi connectivity index (χ1n) is 10.7. The molecule has 3 heterocycles. The summed E-state index contributed by atoms with van der Waals surface area (Å²) >= 11 is 0. The number of aromatic nitrogens is 2. The molecule has 0 radical (unpaired) electrons. The van der Waals surface area contributed by atoms with E-state index >= 15 is 0 Å². The van der Waals surface area contributed by atoms with Crippen molar-refractivity contribution in [3.8, 4) is 22.8 Å². The van der Waals surface area contributed by atoms with Crippen molar-refractivity contribution in [3.05, 3.63) is 70.1 Å². The fourth-order valence-electron chi connectivity index (χ4n) is 4.09. The van der Waals surface area contributed by atoms with E-state index in [2.05, 4.69) is 19.8 Å². The summed E-state index contributed by atoms with van der Waals surface area (Å²) in [4.78, 5) is 30.0. The lowest BCUT2D eigenvalue weighted by molar-refractivity contribution is -0.286. The van der Waals surface area contributed by atoms with E-state index < -0.39 is 11.7 Å². The molecule has 0 spiro atoms. The minimum atomic E-state index is -3.72. The number of benzene rings is 1. The number of rotatable bonds is 6. The average molecular weight is 469 g/mol. The Labute approximate surface area is 192 Å². The molecule has 2 aliphatic rings. The minimum Gasteiger partial charge on any atom is -0.395 e. The zero-order valence-corrected chi connectivity index (χ0v) is 18.2. The van der Waals surface area contributed by atoms with Gasteiger partial charge < -0.3 is 24.5 Å². The number of nitrogens with zero attached hydrogens (tertiary/aromatic N) is 2. The number of halogens is 2. The number of alkyl halides is 2. The number of ether oxygens (including phenoxy) is 2. The van der Waals surface area contributed by atoms with Crippen LogP contribution < -0.4 is 20.3 Å². The molecule has 2 N–H and O–H groups in total. The van der Waals surface area contributed by atoms with Crippen molar-refractivity contribution < 1.29 is 28.2 Å². The topological polar surface area (TPSA) is 103 Å². The SMILES string of the molecule is Cc1ccc(NC(=O)C2(c3ccc4c(c3)OC(F)(F)O4)CC2)nc1-c1ccn(CCO)c(=O)c1. The van der Waals surface area contributed by atoms with E-state index in [0.29, 0.717) is 35.5 Å². The number of anilines is 1. The molecule has 10 heteroatoms. The number of hydrogen-bond donors (Lipinski definition) is 2. The van der Waals surface area contributed by atoms with Crippen molar-refractivity contribution in [1.82, 2.24) is 9.55 Å². The van der Waals surface area contributed by atoms with Gasteiger partial charge in [-0.2, -0.15) is 0 Å². The Kier molecular flexibility index (Phi) is 5.12. The van der Waals surface area contributed by atoms with E-state index in [0.717, 1.165) is 5.56 Å². The summed E-state index contributed by atoms with van der Waals surface area (Å²) in [7, 11) is 0. The predicted octanol–water partition coefficient (Wildman–Crippen LogP) is 3.20. The van der Waals surface area contributed by atoms with E-state index in [1.54, 1.807) is 30.5 Å². The second-order valence-electron chi connectivity index (χ2n) is 8.40. The lowest BCUT2D eigenvalue weighted by Crippen LogP contribution is -2.28. The van der Waals surface area contributed by atoms with Crippen LogP contribution in [0.1, 0.15) is 24.0 Å². The normalized spacial score (nSPS) is 16.8. The Morgan fingerprint density at radius 1 is 1.15 bits per heavy atom. The molecule has 0 atom stereocenters.